The van der Waals surface area contributed by atoms with Gasteiger partial charge >= 0.3 is 0 Å². The molecule has 0 unspecified atom stereocenters. The number of likely N-dealkylation sites (N-methyl/N-ethyl adjacent to an activating group) is 1. The second-order valence-electron chi connectivity index (χ2n) is 7.07. The minimum Gasteiger partial charge on any atom is -0.371 e. The van der Waals surface area contributed by atoms with E-state index in [1.165, 1.54) is 11.3 Å². The highest BCUT2D eigenvalue weighted by molar-refractivity contribution is 5.80. The van der Waals surface area contributed by atoms with Crippen molar-refractivity contribution in [3.63, 3.8) is 0 Å². The zero-order valence-electron chi connectivity index (χ0n) is 13.5. The first kappa shape index (κ1) is 15.7. The number of carbonyl (C=O) groups is 2. The average molecular weight is 310 g/mol. The second-order valence-corrected chi connectivity index (χ2v) is 7.07. The van der Waals surface area contributed by atoms with Crippen LogP contribution in [0.15, 0.2) is 0 Å². The van der Waals surface area contributed by atoms with Crippen molar-refractivity contribution >= 4 is 11.8 Å². The Hall–Kier alpha value is -1.14. The highest BCUT2D eigenvalue weighted by atomic mass is 16.5. The maximum atomic E-state index is 12.2. The number of amides is 2. The third-order valence-corrected chi connectivity index (χ3v) is 5.11. The molecule has 0 bridgehead atoms. The lowest BCUT2D eigenvalue weighted by Gasteiger charge is -2.54. The van der Waals surface area contributed by atoms with E-state index in [2.05, 4.69) is 0 Å². The molecule has 3 fully saturated rings. The lowest BCUT2D eigenvalue weighted by Crippen LogP contribution is -2.68. The summed E-state index contributed by atoms with van der Waals surface area (Å²) in [4.78, 5) is 27.3. The molecule has 0 radical (unpaired) electrons. The van der Waals surface area contributed by atoms with E-state index in [0.717, 1.165) is 25.7 Å². The molecule has 124 valence electrons. The summed E-state index contributed by atoms with van der Waals surface area (Å²) in [5.41, 5.74) is -0.233. The molecule has 3 aliphatic rings. The van der Waals surface area contributed by atoms with E-state index < -0.39 is 0 Å². The van der Waals surface area contributed by atoms with Gasteiger partial charge in [0.05, 0.1) is 19.2 Å². The Morgan fingerprint density at radius 3 is 2.59 bits per heavy atom. The SMILES string of the molecule is CN(C)C(=O)CO[C@@H]1CCOC2(C1)CN(C(=O)C1CCC1)C2. The van der Waals surface area contributed by atoms with Gasteiger partial charge in [0.1, 0.15) is 12.2 Å². The van der Waals surface area contributed by atoms with E-state index in [4.69, 9.17) is 9.47 Å². The van der Waals surface area contributed by atoms with Gasteiger partial charge in [0.2, 0.25) is 11.8 Å². The van der Waals surface area contributed by atoms with Crippen LogP contribution in [0.3, 0.4) is 0 Å². The topological polar surface area (TPSA) is 59.1 Å². The van der Waals surface area contributed by atoms with Crippen LogP contribution >= 0.6 is 0 Å². The fourth-order valence-corrected chi connectivity index (χ4v) is 3.38. The van der Waals surface area contributed by atoms with Crippen LogP contribution < -0.4 is 0 Å². The Morgan fingerprint density at radius 2 is 2.00 bits per heavy atom. The molecule has 6 nitrogen and oxygen atoms in total. The van der Waals surface area contributed by atoms with Gasteiger partial charge in [-0.1, -0.05) is 6.42 Å². The van der Waals surface area contributed by atoms with E-state index >= 15 is 0 Å². The molecular weight excluding hydrogens is 284 g/mol. The Morgan fingerprint density at radius 1 is 1.27 bits per heavy atom. The van der Waals surface area contributed by atoms with Gasteiger partial charge in [-0.15, -0.1) is 0 Å². The summed E-state index contributed by atoms with van der Waals surface area (Å²) in [7, 11) is 3.46. The summed E-state index contributed by atoms with van der Waals surface area (Å²) in [5.74, 6) is 0.535. The molecule has 0 aromatic carbocycles. The first-order valence-corrected chi connectivity index (χ1v) is 8.24. The second kappa shape index (κ2) is 6.16. The lowest BCUT2D eigenvalue weighted by molar-refractivity contribution is -0.204. The summed E-state index contributed by atoms with van der Waals surface area (Å²) in [6.07, 6.45) is 4.92. The summed E-state index contributed by atoms with van der Waals surface area (Å²) >= 11 is 0. The van der Waals surface area contributed by atoms with Crippen molar-refractivity contribution < 1.29 is 19.1 Å². The average Bonchev–Trinajstić information content (AvgIpc) is 2.40. The number of hydrogen-bond acceptors (Lipinski definition) is 4. The first-order valence-electron chi connectivity index (χ1n) is 8.24. The molecule has 1 saturated carbocycles. The Bertz CT molecular complexity index is 441. The van der Waals surface area contributed by atoms with Gasteiger partial charge in [0.15, 0.2) is 0 Å². The predicted octanol–water partition coefficient (Wildman–Crippen LogP) is 0.651. The van der Waals surface area contributed by atoms with E-state index in [0.29, 0.717) is 25.6 Å². The van der Waals surface area contributed by atoms with Gasteiger partial charge < -0.3 is 19.3 Å². The molecular formula is C16H26N2O4. The summed E-state index contributed by atoms with van der Waals surface area (Å²) in [6.45, 7) is 2.14. The number of ether oxygens (including phenoxy) is 2. The highest BCUT2D eigenvalue weighted by Gasteiger charge is 2.50. The van der Waals surface area contributed by atoms with Crippen LogP contribution in [-0.2, 0) is 19.1 Å². The molecule has 22 heavy (non-hydrogen) atoms. The van der Waals surface area contributed by atoms with Crippen LogP contribution in [-0.4, -0.2) is 73.7 Å². The number of likely N-dealkylation sites (tertiary alicyclic amines) is 1. The maximum Gasteiger partial charge on any atom is 0.248 e. The Kier molecular flexibility index (Phi) is 4.41. The molecule has 0 N–H and O–H groups in total. The van der Waals surface area contributed by atoms with Crippen molar-refractivity contribution in [3.8, 4) is 0 Å². The van der Waals surface area contributed by atoms with Gasteiger partial charge in [-0.3, -0.25) is 9.59 Å². The minimum absolute atomic E-state index is 0.0176. The van der Waals surface area contributed by atoms with Gasteiger partial charge in [-0.05, 0) is 19.3 Å². The highest BCUT2D eigenvalue weighted by Crippen LogP contribution is 2.38. The minimum atomic E-state index is -0.233. The molecule has 1 aliphatic carbocycles. The maximum absolute atomic E-state index is 12.2. The lowest BCUT2D eigenvalue weighted by atomic mass is 9.80. The predicted molar refractivity (Wildman–Crippen MR) is 80.3 cm³/mol. The molecule has 1 spiro atoms. The van der Waals surface area contributed by atoms with Crippen LogP contribution in [0.4, 0.5) is 0 Å². The molecule has 6 heteroatoms. The molecule has 2 heterocycles. The van der Waals surface area contributed by atoms with Gasteiger partial charge in [0.25, 0.3) is 0 Å². The van der Waals surface area contributed by atoms with Gasteiger partial charge in [0, 0.05) is 33.0 Å². The molecule has 0 aromatic heterocycles. The number of nitrogens with zero attached hydrogens (tertiary/aromatic N) is 2. The number of rotatable bonds is 4. The zero-order chi connectivity index (χ0) is 15.7. The Labute approximate surface area is 131 Å². The standard InChI is InChI=1S/C16H26N2O4/c1-17(2)14(19)9-21-13-6-7-22-16(8-13)10-18(11-16)15(20)12-4-3-5-12/h12-13H,3-11H2,1-2H3/t13-/m1/s1. The Balaban J connectivity index is 1.45. The molecule has 1 atom stereocenters. The third kappa shape index (κ3) is 3.13. The van der Waals surface area contributed by atoms with Crippen LogP contribution in [0.25, 0.3) is 0 Å². The fourth-order valence-electron chi connectivity index (χ4n) is 3.38. The quantitative estimate of drug-likeness (QED) is 0.765. The summed E-state index contributed by atoms with van der Waals surface area (Å²) in [5, 5.41) is 0. The van der Waals surface area contributed by atoms with Crippen LogP contribution in [0.5, 0.6) is 0 Å². The monoisotopic (exact) mass is 310 g/mol. The van der Waals surface area contributed by atoms with Crippen molar-refractivity contribution in [2.75, 3.05) is 40.4 Å². The molecule has 2 amide bonds. The number of hydrogen-bond donors (Lipinski definition) is 0. The van der Waals surface area contributed by atoms with Crippen LogP contribution in [0, 0.1) is 5.92 Å². The van der Waals surface area contributed by atoms with Crippen LogP contribution in [0.1, 0.15) is 32.1 Å². The smallest absolute Gasteiger partial charge is 0.248 e. The van der Waals surface area contributed by atoms with Crippen molar-refractivity contribution in [1.29, 1.82) is 0 Å². The van der Waals surface area contributed by atoms with Crippen molar-refractivity contribution in [3.05, 3.63) is 0 Å². The molecule has 0 aromatic rings. The summed E-state index contributed by atoms with van der Waals surface area (Å²) < 4.78 is 11.7. The van der Waals surface area contributed by atoms with Crippen molar-refractivity contribution in [2.24, 2.45) is 5.92 Å². The van der Waals surface area contributed by atoms with Crippen molar-refractivity contribution in [2.45, 2.75) is 43.8 Å². The number of carbonyl (C=O) groups excluding carboxylic acids is 2. The fraction of sp³-hybridized carbons (Fsp3) is 0.875. The zero-order valence-corrected chi connectivity index (χ0v) is 13.5. The normalized spacial score (nSPS) is 27.2. The van der Waals surface area contributed by atoms with Crippen LogP contribution in [0.2, 0.25) is 0 Å². The van der Waals surface area contributed by atoms with E-state index in [1.54, 1.807) is 14.1 Å². The van der Waals surface area contributed by atoms with Gasteiger partial charge in [-0.2, -0.15) is 0 Å². The first-order chi connectivity index (χ1) is 10.5. The van der Waals surface area contributed by atoms with E-state index in [9.17, 15) is 9.59 Å². The third-order valence-electron chi connectivity index (χ3n) is 5.11. The van der Waals surface area contributed by atoms with Crippen molar-refractivity contribution in [1.82, 2.24) is 9.80 Å². The van der Waals surface area contributed by atoms with Gasteiger partial charge in [-0.25, -0.2) is 0 Å². The molecule has 2 saturated heterocycles. The summed E-state index contributed by atoms with van der Waals surface area (Å²) in [6, 6.07) is 0. The largest absolute Gasteiger partial charge is 0.371 e. The van der Waals surface area contributed by atoms with E-state index in [-0.39, 0.29) is 30.1 Å². The van der Waals surface area contributed by atoms with E-state index in [1.807, 2.05) is 4.90 Å². The molecule has 3 rings (SSSR count). The molecule has 2 aliphatic heterocycles.